The fourth-order valence-corrected chi connectivity index (χ4v) is 1.77. The maximum absolute atomic E-state index is 13.5. The van der Waals surface area contributed by atoms with Gasteiger partial charge < -0.3 is 20.3 Å². The zero-order chi connectivity index (χ0) is 15.5. The van der Waals surface area contributed by atoms with E-state index in [2.05, 4.69) is 20.5 Å². The second-order valence-electron chi connectivity index (χ2n) is 4.74. The molecular formula is C15H26FIN4O. The normalized spacial score (nSPS) is 11.2. The highest BCUT2D eigenvalue weighted by Gasteiger charge is 2.03. The fourth-order valence-electron chi connectivity index (χ4n) is 1.77. The van der Waals surface area contributed by atoms with Gasteiger partial charge >= 0.3 is 0 Å². The summed E-state index contributed by atoms with van der Waals surface area (Å²) in [7, 11) is 5.43. The van der Waals surface area contributed by atoms with E-state index in [0.29, 0.717) is 18.1 Å². The van der Waals surface area contributed by atoms with Gasteiger partial charge in [-0.15, -0.1) is 24.0 Å². The second-order valence-corrected chi connectivity index (χ2v) is 4.74. The molecule has 0 aliphatic carbocycles. The molecule has 0 unspecified atom stereocenters. The molecule has 0 spiro atoms. The minimum atomic E-state index is -0.209. The minimum Gasteiger partial charge on any atom is -0.383 e. The molecule has 0 atom stereocenters. The molecule has 126 valence electrons. The molecule has 0 fully saturated rings. The molecule has 0 saturated heterocycles. The fraction of sp³-hybridized carbons (Fsp3) is 0.533. The second kappa shape index (κ2) is 12.6. The van der Waals surface area contributed by atoms with Crippen LogP contribution in [-0.2, 0) is 11.3 Å². The van der Waals surface area contributed by atoms with Crippen LogP contribution in [0.4, 0.5) is 4.39 Å². The molecule has 0 radical (unpaired) electrons. The zero-order valence-corrected chi connectivity index (χ0v) is 15.8. The molecule has 1 aromatic rings. The third kappa shape index (κ3) is 8.50. The van der Waals surface area contributed by atoms with E-state index >= 15 is 0 Å². The van der Waals surface area contributed by atoms with E-state index in [1.165, 1.54) is 6.07 Å². The molecule has 1 rings (SSSR count). The van der Waals surface area contributed by atoms with Crippen LogP contribution in [0.1, 0.15) is 5.56 Å². The van der Waals surface area contributed by atoms with Crippen molar-refractivity contribution in [3.05, 3.63) is 35.6 Å². The molecule has 0 aliphatic rings. The minimum absolute atomic E-state index is 0. The number of ether oxygens (including phenoxy) is 1. The highest BCUT2D eigenvalue weighted by Crippen LogP contribution is 2.05. The van der Waals surface area contributed by atoms with Crippen LogP contribution in [0.5, 0.6) is 0 Å². The van der Waals surface area contributed by atoms with Crippen LogP contribution >= 0.6 is 24.0 Å². The highest BCUT2D eigenvalue weighted by molar-refractivity contribution is 14.0. The number of benzene rings is 1. The van der Waals surface area contributed by atoms with Gasteiger partial charge in [-0.05, 0) is 13.1 Å². The summed E-state index contributed by atoms with van der Waals surface area (Å²) in [6.45, 7) is 3.66. The van der Waals surface area contributed by atoms with Crippen LogP contribution in [0.2, 0.25) is 0 Å². The lowest BCUT2D eigenvalue weighted by molar-refractivity contribution is 0.162. The van der Waals surface area contributed by atoms with Gasteiger partial charge in [0.1, 0.15) is 5.82 Å². The number of halogens is 2. The highest BCUT2D eigenvalue weighted by atomic mass is 127. The van der Waals surface area contributed by atoms with Crippen molar-refractivity contribution in [3.63, 3.8) is 0 Å². The summed E-state index contributed by atoms with van der Waals surface area (Å²) in [4.78, 5) is 6.29. The Hall–Kier alpha value is -0.930. The lowest BCUT2D eigenvalue weighted by Gasteiger charge is -2.18. The van der Waals surface area contributed by atoms with E-state index in [0.717, 1.165) is 26.2 Å². The summed E-state index contributed by atoms with van der Waals surface area (Å²) in [5, 5.41) is 6.30. The van der Waals surface area contributed by atoms with Gasteiger partial charge in [-0.3, -0.25) is 4.99 Å². The summed E-state index contributed by atoms with van der Waals surface area (Å²) >= 11 is 0. The van der Waals surface area contributed by atoms with Crippen molar-refractivity contribution in [2.24, 2.45) is 4.99 Å². The van der Waals surface area contributed by atoms with Gasteiger partial charge in [0.05, 0.1) is 6.61 Å². The number of aliphatic imine (C=N–C) groups is 1. The number of guanidine groups is 1. The molecule has 22 heavy (non-hydrogen) atoms. The molecule has 0 heterocycles. The Balaban J connectivity index is 0.00000441. The number of hydrogen-bond donors (Lipinski definition) is 2. The van der Waals surface area contributed by atoms with Crippen LogP contribution in [0.25, 0.3) is 0 Å². The van der Waals surface area contributed by atoms with Gasteiger partial charge in [0.25, 0.3) is 0 Å². The van der Waals surface area contributed by atoms with Crippen LogP contribution in [0.3, 0.4) is 0 Å². The van der Waals surface area contributed by atoms with E-state index in [-0.39, 0.29) is 29.8 Å². The van der Waals surface area contributed by atoms with Crippen molar-refractivity contribution in [3.8, 4) is 0 Å². The number of rotatable bonds is 8. The van der Waals surface area contributed by atoms with Crippen molar-refractivity contribution in [2.75, 3.05) is 47.4 Å². The maximum atomic E-state index is 13.5. The van der Waals surface area contributed by atoms with Gasteiger partial charge in [-0.1, -0.05) is 18.2 Å². The molecule has 1 aromatic carbocycles. The predicted octanol–water partition coefficient (Wildman–Crippen LogP) is 1.69. The first-order chi connectivity index (χ1) is 10.2. The molecule has 0 saturated carbocycles. The first-order valence-electron chi connectivity index (χ1n) is 7.02. The monoisotopic (exact) mass is 424 g/mol. The van der Waals surface area contributed by atoms with E-state index in [1.807, 2.05) is 13.1 Å². The van der Waals surface area contributed by atoms with Gasteiger partial charge in [-0.25, -0.2) is 4.39 Å². The Morgan fingerprint density at radius 1 is 1.27 bits per heavy atom. The van der Waals surface area contributed by atoms with Crippen LogP contribution < -0.4 is 10.6 Å². The first kappa shape index (κ1) is 21.1. The SMILES string of the molecule is CN=C(NCCN(C)CCOC)NCc1ccccc1F.I. The Morgan fingerprint density at radius 3 is 2.64 bits per heavy atom. The van der Waals surface area contributed by atoms with Crippen molar-refractivity contribution < 1.29 is 9.13 Å². The van der Waals surface area contributed by atoms with Crippen molar-refractivity contribution in [2.45, 2.75) is 6.54 Å². The number of nitrogens with zero attached hydrogens (tertiary/aromatic N) is 2. The molecule has 7 heteroatoms. The van der Waals surface area contributed by atoms with E-state index in [1.54, 1.807) is 26.3 Å². The van der Waals surface area contributed by atoms with E-state index in [9.17, 15) is 4.39 Å². The summed E-state index contributed by atoms with van der Waals surface area (Å²) in [6.07, 6.45) is 0. The van der Waals surface area contributed by atoms with Crippen molar-refractivity contribution in [1.29, 1.82) is 0 Å². The summed E-state index contributed by atoms with van der Waals surface area (Å²) in [5.74, 6) is 0.457. The summed E-state index contributed by atoms with van der Waals surface area (Å²) in [6, 6.07) is 6.72. The predicted molar refractivity (Wildman–Crippen MR) is 99.4 cm³/mol. The molecule has 0 aromatic heterocycles. The standard InChI is InChI=1S/C15H25FN4O.HI/c1-17-15(18-8-9-20(2)10-11-21-3)19-12-13-6-4-5-7-14(13)16;/h4-7H,8-12H2,1-3H3,(H2,17,18,19);1H. The Morgan fingerprint density at radius 2 is 2.00 bits per heavy atom. The Bertz CT molecular complexity index is 445. The number of hydrogen-bond acceptors (Lipinski definition) is 3. The molecule has 2 N–H and O–H groups in total. The molecule has 5 nitrogen and oxygen atoms in total. The lowest BCUT2D eigenvalue weighted by Crippen LogP contribution is -2.41. The summed E-state index contributed by atoms with van der Waals surface area (Å²) in [5.41, 5.74) is 0.623. The average molecular weight is 424 g/mol. The van der Waals surface area contributed by atoms with Gasteiger partial charge in [-0.2, -0.15) is 0 Å². The topological polar surface area (TPSA) is 48.9 Å². The van der Waals surface area contributed by atoms with Crippen LogP contribution in [0.15, 0.2) is 29.3 Å². The van der Waals surface area contributed by atoms with Gasteiger partial charge in [0, 0.05) is 45.9 Å². The zero-order valence-electron chi connectivity index (χ0n) is 13.4. The van der Waals surface area contributed by atoms with Crippen molar-refractivity contribution in [1.82, 2.24) is 15.5 Å². The maximum Gasteiger partial charge on any atom is 0.191 e. The third-order valence-corrected chi connectivity index (χ3v) is 3.09. The molecule has 0 aliphatic heterocycles. The quantitative estimate of drug-likeness (QED) is 0.379. The lowest BCUT2D eigenvalue weighted by atomic mass is 10.2. The largest absolute Gasteiger partial charge is 0.383 e. The van der Waals surface area contributed by atoms with Crippen LogP contribution in [0, 0.1) is 5.82 Å². The average Bonchev–Trinajstić information content (AvgIpc) is 2.50. The smallest absolute Gasteiger partial charge is 0.191 e. The first-order valence-corrected chi connectivity index (χ1v) is 7.02. The van der Waals surface area contributed by atoms with Gasteiger partial charge in [0.15, 0.2) is 5.96 Å². The number of nitrogens with one attached hydrogen (secondary N) is 2. The van der Waals surface area contributed by atoms with E-state index in [4.69, 9.17) is 4.74 Å². The summed E-state index contributed by atoms with van der Waals surface area (Å²) < 4.78 is 18.5. The number of likely N-dealkylation sites (N-methyl/N-ethyl adjacent to an activating group) is 1. The Kier molecular flexibility index (Phi) is 12.1. The van der Waals surface area contributed by atoms with Crippen molar-refractivity contribution >= 4 is 29.9 Å². The molecule has 0 bridgehead atoms. The molecular weight excluding hydrogens is 398 g/mol. The van der Waals surface area contributed by atoms with E-state index < -0.39 is 0 Å². The Labute approximate surface area is 149 Å². The third-order valence-electron chi connectivity index (χ3n) is 3.09. The van der Waals surface area contributed by atoms with Crippen LogP contribution in [-0.4, -0.2) is 58.3 Å². The van der Waals surface area contributed by atoms with Gasteiger partial charge in [0.2, 0.25) is 0 Å². The molecule has 0 amide bonds. The number of methoxy groups -OCH3 is 1.